The van der Waals surface area contributed by atoms with Gasteiger partial charge in [-0.2, -0.15) is 13.2 Å². The van der Waals surface area contributed by atoms with Crippen molar-refractivity contribution in [3.8, 4) is 0 Å². The molecular formula is C12H15ClF3NOS. The van der Waals surface area contributed by atoms with Crippen LogP contribution in [0, 0.1) is 0 Å². The Morgan fingerprint density at radius 3 is 2.11 bits per heavy atom. The number of halogens is 4. The fourth-order valence-electron chi connectivity index (χ4n) is 1.14. The van der Waals surface area contributed by atoms with Crippen molar-refractivity contribution in [3.63, 3.8) is 0 Å². The lowest BCUT2D eigenvalue weighted by molar-refractivity contribution is -0.152. The molecule has 1 N–H and O–H groups in total. The van der Waals surface area contributed by atoms with E-state index in [1.165, 1.54) is 32.9 Å². The van der Waals surface area contributed by atoms with Gasteiger partial charge in [0.25, 0.3) is 0 Å². The van der Waals surface area contributed by atoms with Gasteiger partial charge in [-0.1, -0.05) is 23.7 Å². The molecule has 2 nitrogen and oxygen atoms in total. The second-order valence-electron chi connectivity index (χ2n) is 4.86. The zero-order valence-corrected chi connectivity index (χ0v) is 12.2. The van der Waals surface area contributed by atoms with E-state index in [2.05, 4.69) is 0 Å². The van der Waals surface area contributed by atoms with Gasteiger partial charge in [-0.05, 0) is 38.5 Å². The van der Waals surface area contributed by atoms with Crippen molar-refractivity contribution < 1.29 is 18.8 Å². The van der Waals surface area contributed by atoms with Crippen LogP contribution in [0.4, 0.5) is 13.2 Å². The molecule has 0 aromatic heterocycles. The molecule has 0 radical (unpaired) electrons. The summed E-state index contributed by atoms with van der Waals surface area (Å²) in [7, 11) is -2.05. The molecule has 0 fully saturated rings. The Bertz CT molecular complexity index is 501. The SMILES string of the molecule is [2H]C(NS(=O)C(C)(C)C)(c1ccc(Cl)cc1)C(F)(F)F. The molecule has 0 aliphatic carbocycles. The van der Waals surface area contributed by atoms with Crippen LogP contribution >= 0.6 is 11.6 Å². The summed E-state index contributed by atoms with van der Waals surface area (Å²) in [6.07, 6.45) is -4.93. The van der Waals surface area contributed by atoms with Crippen molar-refractivity contribution in [2.45, 2.75) is 37.7 Å². The van der Waals surface area contributed by atoms with Gasteiger partial charge in [0.15, 0.2) is 0 Å². The van der Waals surface area contributed by atoms with Gasteiger partial charge in [-0.15, -0.1) is 0 Å². The molecule has 7 heteroatoms. The van der Waals surface area contributed by atoms with Crippen molar-refractivity contribution in [1.82, 2.24) is 4.72 Å². The summed E-state index contributed by atoms with van der Waals surface area (Å²) in [4.78, 5) is 0. The summed E-state index contributed by atoms with van der Waals surface area (Å²) in [5, 5.41) is 0.259. The van der Waals surface area contributed by atoms with E-state index in [-0.39, 0.29) is 10.6 Å². The molecule has 2 unspecified atom stereocenters. The molecule has 1 aromatic carbocycles. The quantitative estimate of drug-likeness (QED) is 0.898. The third kappa shape index (κ3) is 4.78. The molecule has 0 amide bonds. The zero-order valence-electron chi connectivity index (χ0n) is 11.6. The fraction of sp³-hybridized carbons (Fsp3) is 0.500. The Hall–Kier alpha value is -0.590. The van der Waals surface area contributed by atoms with E-state index in [1.54, 1.807) is 0 Å². The standard InChI is InChI=1S/C12H15ClF3NOS/c1-11(2,3)19(18)17-10(12(14,15)16)8-4-6-9(13)7-5-8/h4-7,10,17H,1-3H3/i10D. The summed E-state index contributed by atoms with van der Waals surface area (Å²) in [5.74, 6) is 0. The maximum atomic E-state index is 13.2. The van der Waals surface area contributed by atoms with Crippen LogP contribution in [0.2, 0.25) is 5.02 Å². The molecule has 2 atom stereocenters. The highest BCUT2D eigenvalue weighted by Crippen LogP contribution is 2.34. The molecule has 0 aliphatic rings. The van der Waals surface area contributed by atoms with Crippen molar-refractivity contribution >= 4 is 22.6 Å². The van der Waals surface area contributed by atoms with E-state index in [0.717, 1.165) is 12.1 Å². The molecule has 0 spiro atoms. The highest BCUT2D eigenvalue weighted by molar-refractivity contribution is 7.84. The van der Waals surface area contributed by atoms with E-state index in [1.807, 2.05) is 4.72 Å². The molecule has 0 saturated carbocycles. The Kier molecular flexibility index (Phi) is 4.53. The molecule has 108 valence electrons. The summed E-state index contributed by atoms with van der Waals surface area (Å²) in [5.41, 5.74) is -0.369. The Morgan fingerprint density at radius 2 is 1.74 bits per heavy atom. The first-order valence-electron chi connectivity index (χ1n) is 5.90. The van der Waals surface area contributed by atoms with Crippen LogP contribution in [0.1, 0.15) is 33.7 Å². The summed E-state index contributed by atoms with van der Waals surface area (Å²) < 4.78 is 60.3. The molecule has 0 heterocycles. The maximum Gasteiger partial charge on any atom is 0.408 e. The number of nitrogens with one attached hydrogen (secondary N) is 1. The first-order chi connectivity index (χ1) is 8.88. The first kappa shape index (κ1) is 14.8. The number of rotatable bonds is 3. The number of hydrogen-bond acceptors (Lipinski definition) is 1. The van der Waals surface area contributed by atoms with Gasteiger partial charge in [0.1, 0.15) is 6.02 Å². The van der Waals surface area contributed by atoms with Crippen molar-refractivity contribution in [2.75, 3.05) is 0 Å². The van der Waals surface area contributed by atoms with Crippen LogP contribution < -0.4 is 4.72 Å². The topological polar surface area (TPSA) is 29.1 Å². The summed E-state index contributed by atoms with van der Waals surface area (Å²) in [6.45, 7) is 4.57. The third-order valence-electron chi connectivity index (χ3n) is 2.17. The summed E-state index contributed by atoms with van der Waals surface area (Å²) >= 11 is 5.63. The molecule has 19 heavy (non-hydrogen) atoms. The molecule has 0 bridgehead atoms. The smallest absolute Gasteiger partial charge is 0.242 e. The minimum atomic E-state index is -4.93. The van der Waals surface area contributed by atoms with Gasteiger partial charge >= 0.3 is 6.18 Å². The minimum absolute atomic E-state index is 0.259. The Morgan fingerprint density at radius 1 is 1.26 bits per heavy atom. The van der Waals surface area contributed by atoms with E-state index in [0.29, 0.717) is 0 Å². The highest BCUT2D eigenvalue weighted by atomic mass is 35.5. The van der Waals surface area contributed by atoms with Gasteiger partial charge in [0.2, 0.25) is 0 Å². The normalized spacial score (nSPS) is 18.6. The predicted octanol–water partition coefficient (Wildman–Crippen LogP) is 4.00. The van der Waals surface area contributed by atoms with Gasteiger partial charge in [-0.25, -0.2) is 8.93 Å². The van der Waals surface area contributed by atoms with Crippen LogP contribution in [0.15, 0.2) is 24.3 Å². The van der Waals surface area contributed by atoms with Crippen molar-refractivity contribution in [2.24, 2.45) is 0 Å². The van der Waals surface area contributed by atoms with E-state index >= 15 is 0 Å². The molecule has 1 rings (SSSR count). The lowest BCUT2D eigenvalue weighted by Gasteiger charge is -2.26. The molecule has 0 aliphatic heterocycles. The summed E-state index contributed by atoms with van der Waals surface area (Å²) in [6, 6.07) is 1.54. The molecular weight excluding hydrogens is 299 g/mol. The predicted molar refractivity (Wildman–Crippen MR) is 71.3 cm³/mol. The fourth-order valence-corrected chi connectivity index (χ4v) is 1.99. The lowest BCUT2D eigenvalue weighted by atomic mass is 10.1. The van der Waals surface area contributed by atoms with Crippen LogP contribution in [0.5, 0.6) is 0 Å². The molecule has 0 saturated heterocycles. The lowest BCUT2D eigenvalue weighted by Crippen LogP contribution is -2.41. The van der Waals surface area contributed by atoms with Crippen molar-refractivity contribution in [1.29, 1.82) is 0 Å². The van der Waals surface area contributed by atoms with Gasteiger partial charge in [0.05, 0.1) is 17.1 Å². The number of alkyl halides is 3. The minimum Gasteiger partial charge on any atom is -0.242 e. The van der Waals surface area contributed by atoms with Crippen LogP contribution in [0.3, 0.4) is 0 Å². The highest BCUT2D eigenvalue weighted by Gasteiger charge is 2.42. The average molecular weight is 315 g/mol. The zero-order chi connectivity index (χ0) is 15.8. The van der Waals surface area contributed by atoms with E-state index < -0.39 is 27.9 Å². The van der Waals surface area contributed by atoms with Crippen LogP contribution in [-0.4, -0.2) is 15.1 Å². The molecule has 1 aromatic rings. The second kappa shape index (κ2) is 5.81. The largest absolute Gasteiger partial charge is 0.408 e. The Balaban J connectivity index is 3.25. The Labute approximate surface area is 119 Å². The third-order valence-corrected chi connectivity index (χ3v) is 3.92. The van der Waals surface area contributed by atoms with Gasteiger partial charge < -0.3 is 0 Å². The van der Waals surface area contributed by atoms with Crippen LogP contribution in [0.25, 0.3) is 0 Å². The first-order valence-corrected chi connectivity index (χ1v) is 6.93. The van der Waals surface area contributed by atoms with E-state index in [4.69, 9.17) is 13.0 Å². The van der Waals surface area contributed by atoms with E-state index in [9.17, 15) is 17.4 Å². The van der Waals surface area contributed by atoms with Crippen LogP contribution in [-0.2, 0) is 11.0 Å². The van der Waals surface area contributed by atoms with Gasteiger partial charge in [0, 0.05) is 5.02 Å². The second-order valence-corrected chi connectivity index (χ2v) is 7.27. The van der Waals surface area contributed by atoms with Gasteiger partial charge in [-0.3, -0.25) is 0 Å². The maximum absolute atomic E-state index is 13.2. The number of benzene rings is 1. The monoisotopic (exact) mass is 314 g/mol. The van der Waals surface area contributed by atoms with Crippen molar-refractivity contribution in [3.05, 3.63) is 34.9 Å². The average Bonchev–Trinajstić information content (AvgIpc) is 2.26. The number of hydrogen-bond donors (Lipinski definition) is 1.